The molecule has 1 N–H and O–H groups in total. The van der Waals surface area contributed by atoms with Gasteiger partial charge in [0.1, 0.15) is 0 Å². The largest absolute Gasteiger partial charge is 0.373 e. The quantitative estimate of drug-likeness (QED) is 0.392. The molecular formula is C26H16ClNO. The molecule has 1 aliphatic heterocycles. The van der Waals surface area contributed by atoms with E-state index in [1.165, 1.54) is 5.39 Å². The third-order valence-electron chi connectivity index (χ3n) is 5.93. The van der Waals surface area contributed by atoms with Crippen LogP contribution in [-0.4, -0.2) is 5.78 Å². The Morgan fingerprint density at radius 2 is 1.48 bits per heavy atom. The van der Waals surface area contributed by atoms with E-state index >= 15 is 0 Å². The molecule has 0 bridgehead atoms. The zero-order valence-corrected chi connectivity index (χ0v) is 16.2. The predicted molar refractivity (Wildman–Crippen MR) is 119 cm³/mol. The third kappa shape index (κ3) is 2.33. The van der Waals surface area contributed by atoms with Crippen LogP contribution in [0.5, 0.6) is 0 Å². The maximum Gasteiger partial charge on any atom is 0.192 e. The lowest BCUT2D eigenvalue weighted by atomic mass is 9.84. The van der Waals surface area contributed by atoms with Crippen molar-refractivity contribution in [2.45, 2.75) is 6.04 Å². The van der Waals surface area contributed by atoms with Crippen LogP contribution in [0.4, 0.5) is 5.69 Å². The molecule has 0 aromatic heterocycles. The fourth-order valence-electron chi connectivity index (χ4n) is 4.64. The van der Waals surface area contributed by atoms with Gasteiger partial charge in [-0.2, -0.15) is 0 Å². The van der Waals surface area contributed by atoms with Crippen LogP contribution in [0.1, 0.15) is 33.1 Å². The molecule has 29 heavy (non-hydrogen) atoms. The zero-order chi connectivity index (χ0) is 19.5. The number of hydrogen-bond acceptors (Lipinski definition) is 2. The Labute approximate surface area is 173 Å². The number of carbonyl (C=O) groups excluding carboxylic acids is 1. The van der Waals surface area contributed by atoms with Gasteiger partial charge >= 0.3 is 0 Å². The molecular weight excluding hydrogens is 378 g/mol. The summed E-state index contributed by atoms with van der Waals surface area (Å²) in [7, 11) is 0. The fourth-order valence-corrected chi connectivity index (χ4v) is 4.77. The van der Waals surface area contributed by atoms with Crippen molar-refractivity contribution >= 4 is 39.4 Å². The highest BCUT2D eigenvalue weighted by Gasteiger charge is 2.39. The standard InChI is InChI=1S/C26H16ClNO/c27-17-12-9-16(10-13-17)25-24-23(19-7-3-4-8-20(19)26(24)29)22-18-6-2-1-5-15(18)11-14-21(22)28-25/h1-14,25,28H/t25-/m0/s1. The highest BCUT2D eigenvalue weighted by atomic mass is 35.5. The van der Waals surface area contributed by atoms with Crippen molar-refractivity contribution < 1.29 is 4.79 Å². The smallest absolute Gasteiger partial charge is 0.192 e. The van der Waals surface area contributed by atoms with E-state index in [4.69, 9.17) is 11.6 Å². The highest BCUT2D eigenvalue weighted by molar-refractivity contribution is 6.30. The summed E-state index contributed by atoms with van der Waals surface area (Å²) < 4.78 is 0. The van der Waals surface area contributed by atoms with E-state index in [1.54, 1.807) is 0 Å². The van der Waals surface area contributed by atoms with Gasteiger partial charge in [0.25, 0.3) is 0 Å². The second-order valence-corrected chi connectivity index (χ2v) is 7.94. The van der Waals surface area contributed by atoms with Crippen LogP contribution in [0.2, 0.25) is 5.02 Å². The normalized spacial score (nSPS) is 17.0. The Hall–Kier alpha value is -3.36. The molecule has 0 spiro atoms. The third-order valence-corrected chi connectivity index (χ3v) is 6.18. The molecule has 6 rings (SSSR count). The molecule has 2 aliphatic rings. The van der Waals surface area contributed by atoms with E-state index in [2.05, 4.69) is 41.7 Å². The first-order valence-electron chi connectivity index (χ1n) is 9.65. The summed E-state index contributed by atoms with van der Waals surface area (Å²) in [4.78, 5) is 13.5. The Morgan fingerprint density at radius 3 is 2.31 bits per heavy atom. The van der Waals surface area contributed by atoms with Gasteiger partial charge in [0.2, 0.25) is 0 Å². The molecule has 4 aromatic carbocycles. The number of anilines is 1. The maximum absolute atomic E-state index is 13.5. The maximum atomic E-state index is 13.5. The van der Waals surface area contributed by atoms with Gasteiger partial charge in [0, 0.05) is 33.0 Å². The van der Waals surface area contributed by atoms with Crippen LogP contribution in [-0.2, 0) is 0 Å². The number of ketones is 1. The van der Waals surface area contributed by atoms with Gasteiger partial charge in [-0.05, 0) is 40.1 Å². The van der Waals surface area contributed by atoms with Gasteiger partial charge in [-0.15, -0.1) is 0 Å². The molecule has 0 radical (unpaired) electrons. The number of Topliss-reactive ketones (excluding diaryl/α,β-unsaturated/α-hetero) is 1. The minimum Gasteiger partial charge on any atom is -0.373 e. The molecule has 0 fully saturated rings. The molecule has 2 nitrogen and oxygen atoms in total. The summed E-state index contributed by atoms with van der Waals surface area (Å²) in [5.41, 5.74) is 6.86. The average molecular weight is 394 g/mol. The number of fused-ring (bicyclic) bond motifs is 6. The molecule has 3 heteroatoms. The van der Waals surface area contributed by atoms with Crippen molar-refractivity contribution in [1.29, 1.82) is 0 Å². The lowest BCUT2D eigenvalue weighted by molar-refractivity contribution is 0.103. The van der Waals surface area contributed by atoms with Crippen LogP contribution in [0.3, 0.4) is 0 Å². The molecule has 1 heterocycles. The number of benzene rings is 4. The van der Waals surface area contributed by atoms with Gasteiger partial charge in [0.15, 0.2) is 5.78 Å². The molecule has 1 atom stereocenters. The Balaban J connectivity index is 1.70. The summed E-state index contributed by atoms with van der Waals surface area (Å²) in [5, 5.41) is 6.65. The van der Waals surface area contributed by atoms with Crippen molar-refractivity contribution in [3.05, 3.63) is 118 Å². The van der Waals surface area contributed by atoms with Crippen LogP contribution in [0, 0.1) is 0 Å². The van der Waals surface area contributed by atoms with E-state index < -0.39 is 0 Å². The molecule has 138 valence electrons. The van der Waals surface area contributed by atoms with Crippen molar-refractivity contribution in [1.82, 2.24) is 0 Å². The number of hydrogen-bond donors (Lipinski definition) is 1. The zero-order valence-electron chi connectivity index (χ0n) is 15.4. The predicted octanol–water partition coefficient (Wildman–Crippen LogP) is 6.66. The number of nitrogens with one attached hydrogen (secondary N) is 1. The summed E-state index contributed by atoms with van der Waals surface area (Å²) in [5.74, 6) is 0.0987. The Kier molecular flexibility index (Phi) is 3.47. The molecule has 0 saturated carbocycles. The molecule has 0 saturated heterocycles. The molecule has 1 aliphatic carbocycles. The molecule has 0 amide bonds. The molecule has 0 unspecified atom stereocenters. The van der Waals surface area contributed by atoms with Gasteiger partial charge in [-0.25, -0.2) is 0 Å². The number of rotatable bonds is 1. The topological polar surface area (TPSA) is 29.1 Å². The second kappa shape index (κ2) is 6.07. The fraction of sp³-hybridized carbons (Fsp3) is 0.0385. The summed E-state index contributed by atoms with van der Waals surface area (Å²) in [6, 6.07) is 28.1. The number of carbonyl (C=O) groups is 1. The summed E-state index contributed by atoms with van der Waals surface area (Å²) >= 11 is 6.11. The Morgan fingerprint density at radius 1 is 0.759 bits per heavy atom. The number of halogens is 1. The van der Waals surface area contributed by atoms with Gasteiger partial charge in [0.05, 0.1) is 6.04 Å². The highest BCUT2D eigenvalue weighted by Crippen LogP contribution is 2.51. The Bertz CT molecular complexity index is 1350. The van der Waals surface area contributed by atoms with Crippen molar-refractivity contribution in [3.8, 4) is 0 Å². The average Bonchev–Trinajstić information content (AvgIpc) is 3.07. The van der Waals surface area contributed by atoms with Crippen molar-refractivity contribution in [2.75, 3.05) is 5.32 Å². The van der Waals surface area contributed by atoms with Gasteiger partial charge < -0.3 is 5.32 Å². The van der Waals surface area contributed by atoms with Crippen LogP contribution in [0.25, 0.3) is 16.3 Å². The van der Waals surface area contributed by atoms with Crippen molar-refractivity contribution in [3.63, 3.8) is 0 Å². The summed E-state index contributed by atoms with van der Waals surface area (Å²) in [6.45, 7) is 0. The van der Waals surface area contributed by atoms with Crippen LogP contribution >= 0.6 is 11.6 Å². The van der Waals surface area contributed by atoms with Gasteiger partial charge in [-0.1, -0.05) is 78.3 Å². The van der Waals surface area contributed by atoms with E-state index in [1.807, 2.05) is 48.5 Å². The van der Waals surface area contributed by atoms with E-state index in [0.717, 1.165) is 44.5 Å². The second-order valence-electron chi connectivity index (χ2n) is 7.50. The first kappa shape index (κ1) is 16.6. The van der Waals surface area contributed by atoms with Crippen LogP contribution in [0.15, 0.2) is 90.5 Å². The lowest BCUT2D eigenvalue weighted by Gasteiger charge is -2.30. The lowest BCUT2D eigenvalue weighted by Crippen LogP contribution is -2.22. The molecule has 4 aromatic rings. The van der Waals surface area contributed by atoms with Gasteiger partial charge in [-0.3, -0.25) is 4.79 Å². The minimum absolute atomic E-state index is 0.0987. The first-order chi connectivity index (χ1) is 14.2. The first-order valence-corrected chi connectivity index (χ1v) is 10.0. The van der Waals surface area contributed by atoms with E-state index in [0.29, 0.717) is 5.02 Å². The monoisotopic (exact) mass is 393 g/mol. The van der Waals surface area contributed by atoms with E-state index in [-0.39, 0.29) is 11.8 Å². The van der Waals surface area contributed by atoms with Crippen molar-refractivity contribution in [2.24, 2.45) is 0 Å². The van der Waals surface area contributed by atoms with Crippen LogP contribution < -0.4 is 5.32 Å². The van der Waals surface area contributed by atoms with E-state index in [9.17, 15) is 4.79 Å². The minimum atomic E-state index is -0.212. The summed E-state index contributed by atoms with van der Waals surface area (Å²) in [6.07, 6.45) is 0. The SMILES string of the molecule is O=C1C2=C(c3ccccc31)c1c(ccc3ccccc13)N[C@H]2c1ccc(Cl)cc1.